The highest BCUT2D eigenvalue weighted by Gasteiger charge is 2.13. The first kappa shape index (κ1) is 14.4. The maximum Gasteiger partial charge on any atom is 0.203 e. The minimum Gasteiger partial charge on any atom is -0.493 e. The van der Waals surface area contributed by atoms with Crippen LogP contribution in [0.15, 0.2) is 12.1 Å². The molecule has 0 aliphatic rings. The molecule has 0 aliphatic carbocycles. The van der Waals surface area contributed by atoms with Gasteiger partial charge in [-0.3, -0.25) is 0 Å². The van der Waals surface area contributed by atoms with E-state index in [1.165, 1.54) is 0 Å². The van der Waals surface area contributed by atoms with Gasteiger partial charge in [-0.25, -0.2) is 0 Å². The van der Waals surface area contributed by atoms with Crippen molar-refractivity contribution < 1.29 is 19.0 Å². The van der Waals surface area contributed by atoms with Gasteiger partial charge in [-0.2, -0.15) is 0 Å². The highest BCUT2D eigenvalue weighted by Crippen LogP contribution is 2.38. The number of hydrogen-bond donors (Lipinski definition) is 0. The number of carbonyl (C=O) groups is 1. The van der Waals surface area contributed by atoms with Crippen LogP contribution in [0.5, 0.6) is 17.2 Å². The van der Waals surface area contributed by atoms with Crippen LogP contribution in [0.25, 0.3) is 0 Å². The molecule has 1 aromatic rings. The van der Waals surface area contributed by atoms with Gasteiger partial charge >= 0.3 is 0 Å². The van der Waals surface area contributed by atoms with Gasteiger partial charge in [0.2, 0.25) is 5.75 Å². The van der Waals surface area contributed by atoms with E-state index in [1.54, 1.807) is 26.4 Å². The van der Waals surface area contributed by atoms with E-state index >= 15 is 0 Å². The predicted molar refractivity (Wildman–Crippen MR) is 69.7 cm³/mol. The van der Waals surface area contributed by atoms with Gasteiger partial charge in [0.05, 0.1) is 20.8 Å². The van der Waals surface area contributed by atoms with Crippen molar-refractivity contribution in [3.8, 4) is 17.2 Å². The summed E-state index contributed by atoms with van der Waals surface area (Å²) in [7, 11) is 3.15. The van der Waals surface area contributed by atoms with Gasteiger partial charge in [-0.15, -0.1) is 0 Å². The van der Waals surface area contributed by atoms with Crippen LogP contribution in [-0.2, 0) is 11.2 Å². The minimum atomic E-state index is 0.335. The molecule has 4 nitrogen and oxygen atoms in total. The van der Waals surface area contributed by atoms with Crippen molar-refractivity contribution in [2.75, 3.05) is 20.8 Å². The lowest BCUT2D eigenvalue weighted by molar-refractivity contribution is -0.107. The third-order valence-corrected chi connectivity index (χ3v) is 2.58. The van der Waals surface area contributed by atoms with Crippen LogP contribution in [0.2, 0.25) is 0 Å². The standard InChI is InChI=1S/C14H20O4/c1-4-5-8-18-14-12(16-2)9-11(6-7-15)10-13(14)17-3/h7,9-10H,4-6,8H2,1-3H3. The summed E-state index contributed by atoms with van der Waals surface area (Å²) in [4.78, 5) is 10.6. The average Bonchev–Trinajstić information content (AvgIpc) is 2.40. The Morgan fingerprint density at radius 3 is 2.22 bits per heavy atom. The van der Waals surface area contributed by atoms with Crippen molar-refractivity contribution >= 4 is 6.29 Å². The molecule has 0 aromatic heterocycles. The zero-order valence-electron chi connectivity index (χ0n) is 11.2. The smallest absolute Gasteiger partial charge is 0.203 e. The molecule has 0 N–H and O–H groups in total. The van der Waals surface area contributed by atoms with E-state index in [0.717, 1.165) is 24.7 Å². The lowest BCUT2D eigenvalue weighted by Crippen LogP contribution is -2.02. The molecule has 0 aliphatic heterocycles. The summed E-state index contributed by atoms with van der Waals surface area (Å²) in [5.74, 6) is 1.80. The second-order valence-electron chi connectivity index (χ2n) is 3.90. The fourth-order valence-corrected chi connectivity index (χ4v) is 1.61. The summed E-state index contributed by atoms with van der Waals surface area (Å²) in [6.07, 6.45) is 3.23. The van der Waals surface area contributed by atoms with Crippen LogP contribution < -0.4 is 14.2 Å². The third-order valence-electron chi connectivity index (χ3n) is 2.58. The van der Waals surface area contributed by atoms with Gasteiger partial charge in [-0.1, -0.05) is 13.3 Å². The van der Waals surface area contributed by atoms with Gasteiger partial charge in [-0.05, 0) is 24.1 Å². The van der Waals surface area contributed by atoms with Crippen molar-refractivity contribution in [2.45, 2.75) is 26.2 Å². The minimum absolute atomic E-state index is 0.335. The van der Waals surface area contributed by atoms with E-state index in [0.29, 0.717) is 30.3 Å². The van der Waals surface area contributed by atoms with Gasteiger partial charge in [0, 0.05) is 6.42 Å². The maximum absolute atomic E-state index is 10.6. The SMILES string of the molecule is CCCCOc1c(OC)cc(CC=O)cc1OC. The Bertz CT molecular complexity index is 362. The van der Waals surface area contributed by atoms with Crippen LogP contribution in [-0.4, -0.2) is 27.1 Å². The van der Waals surface area contributed by atoms with Crippen LogP contribution >= 0.6 is 0 Å². The zero-order valence-corrected chi connectivity index (χ0v) is 11.2. The van der Waals surface area contributed by atoms with E-state index in [4.69, 9.17) is 14.2 Å². The lowest BCUT2D eigenvalue weighted by atomic mass is 10.1. The molecule has 0 atom stereocenters. The van der Waals surface area contributed by atoms with E-state index in [1.807, 2.05) is 0 Å². The highest BCUT2D eigenvalue weighted by molar-refractivity contribution is 5.60. The van der Waals surface area contributed by atoms with Crippen LogP contribution in [0.3, 0.4) is 0 Å². The number of unbranched alkanes of at least 4 members (excludes halogenated alkanes) is 1. The molecule has 0 bridgehead atoms. The molecule has 0 saturated carbocycles. The Kier molecular flexibility index (Phi) is 6.05. The normalized spacial score (nSPS) is 9.94. The second kappa shape index (κ2) is 7.58. The molecule has 0 amide bonds. The molecule has 1 aromatic carbocycles. The summed E-state index contributed by atoms with van der Waals surface area (Å²) in [5, 5.41) is 0. The molecular weight excluding hydrogens is 232 g/mol. The second-order valence-corrected chi connectivity index (χ2v) is 3.90. The summed E-state index contributed by atoms with van der Waals surface area (Å²) in [5.41, 5.74) is 0.849. The fourth-order valence-electron chi connectivity index (χ4n) is 1.61. The number of rotatable bonds is 8. The largest absolute Gasteiger partial charge is 0.493 e. The number of benzene rings is 1. The van der Waals surface area contributed by atoms with Gasteiger partial charge in [0.1, 0.15) is 6.29 Å². The summed E-state index contributed by atoms with van der Waals surface area (Å²) < 4.78 is 16.3. The first-order valence-electron chi connectivity index (χ1n) is 6.08. The van der Waals surface area contributed by atoms with Gasteiger partial charge < -0.3 is 19.0 Å². The van der Waals surface area contributed by atoms with Crippen LogP contribution in [0.1, 0.15) is 25.3 Å². The van der Waals surface area contributed by atoms with Gasteiger partial charge in [0.15, 0.2) is 11.5 Å². The summed E-state index contributed by atoms with van der Waals surface area (Å²) in [6.45, 7) is 2.72. The lowest BCUT2D eigenvalue weighted by Gasteiger charge is -2.15. The van der Waals surface area contributed by atoms with Crippen molar-refractivity contribution in [3.05, 3.63) is 17.7 Å². The third kappa shape index (κ3) is 3.65. The number of aldehydes is 1. The summed E-state index contributed by atoms with van der Waals surface area (Å²) >= 11 is 0. The average molecular weight is 252 g/mol. The van der Waals surface area contributed by atoms with E-state index in [2.05, 4.69) is 6.92 Å². The highest BCUT2D eigenvalue weighted by atomic mass is 16.5. The van der Waals surface area contributed by atoms with Crippen molar-refractivity contribution in [2.24, 2.45) is 0 Å². The Hall–Kier alpha value is -1.71. The molecule has 0 radical (unpaired) electrons. The first-order chi connectivity index (χ1) is 8.76. The van der Waals surface area contributed by atoms with Crippen LogP contribution in [0, 0.1) is 0 Å². The zero-order chi connectivity index (χ0) is 13.4. The molecule has 0 heterocycles. The van der Waals surface area contributed by atoms with Gasteiger partial charge in [0.25, 0.3) is 0 Å². The topological polar surface area (TPSA) is 44.8 Å². The van der Waals surface area contributed by atoms with Crippen molar-refractivity contribution in [3.63, 3.8) is 0 Å². The van der Waals surface area contributed by atoms with E-state index in [-0.39, 0.29) is 0 Å². The first-order valence-corrected chi connectivity index (χ1v) is 6.08. The summed E-state index contributed by atoms with van der Waals surface area (Å²) in [6, 6.07) is 3.61. The molecular formula is C14H20O4. The molecule has 0 spiro atoms. The van der Waals surface area contributed by atoms with E-state index < -0.39 is 0 Å². The van der Waals surface area contributed by atoms with Crippen molar-refractivity contribution in [1.29, 1.82) is 0 Å². The molecule has 0 fully saturated rings. The Morgan fingerprint density at radius 1 is 1.17 bits per heavy atom. The Balaban J connectivity index is 3.00. The molecule has 4 heteroatoms. The van der Waals surface area contributed by atoms with E-state index in [9.17, 15) is 4.79 Å². The van der Waals surface area contributed by atoms with Crippen LogP contribution in [0.4, 0.5) is 0 Å². The Labute approximate surface area is 108 Å². The quantitative estimate of drug-likeness (QED) is 0.527. The molecule has 0 unspecified atom stereocenters. The number of hydrogen-bond acceptors (Lipinski definition) is 4. The molecule has 0 saturated heterocycles. The molecule has 1 rings (SSSR count). The molecule has 100 valence electrons. The predicted octanol–water partition coefficient (Wildman–Crippen LogP) is 2.62. The number of carbonyl (C=O) groups excluding carboxylic acids is 1. The number of methoxy groups -OCH3 is 2. The molecule has 18 heavy (non-hydrogen) atoms. The Morgan fingerprint density at radius 2 is 1.78 bits per heavy atom. The number of ether oxygens (including phenoxy) is 3. The monoisotopic (exact) mass is 252 g/mol. The fraction of sp³-hybridized carbons (Fsp3) is 0.500. The maximum atomic E-state index is 10.6. The van der Waals surface area contributed by atoms with Crippen molar-refractivity contribution in [1.82, 2.24) is 0 Å².